The third-order valence-corrected chi connectivity index (χ3v) is 5.30. The van der Waals surface area contributed by atoms with Crippen molar-refractivity contribution in [2.75, 3.05) is 32.1 Å². The zero-order valence-electron chi connectivity index (χ0n) is 16.7. The van der Waals surface area contributed by atoms with Gasteiger partial charge in [-0.2, -0.15) is 0 Å². The van der Waals surface area contributed by atoms with Crippen molar-refractivity contribution in [1.82, 2.24) is 4.90 Å². The highest BCUT2D eigenvalue weighted by Crippen LogP contribution is 2.49. The number of anilines is 2. The third-order valence-electron chi connectivity index (χ3n) is 4.19. The fourth-order valence-electron chi connectivity index (χ4n) is 2.87. The molecule has 0 radical (unpaired) electrons. The van der Waals surface area contributed by atoms with E-state index in [4.69, 9.17) is 25.3 Å². The average Bonchev–Trinajstić information content (AvgIpc) is 2.70. The van der Waals surface area contributed by atoms with Crippen molar-refractivity contribution < 1.29 is 19.8 Å². The summed E-state index contributed by atoms with van der Waals surface area (Å²) < 4.78 is 0. The Morgan fingerprint density at radius 3 is 2.37 bits per heavy atom. The van der Waals surface area contributed by atoms with E-state index >= 15 is 0 Å². The van der Waals surface area contributed by atoms with Crippen LogP contribution in [0.4, 0.5) is 17.1 Å². The molecule has 2 aromatic carbocycles. The summed E-state index contributed by atoms with van der Waals surface area (Å²) in [4.78, 5) is 28.1. The molecule has 30 heavy (non-hydrogen) atoms. The predicted octanol–water partition coefficient (Wildman–Crippen LogP) is 4.73. The number of unbranched alkanes of at least 4 members (excludes halogenated alkanes) is 1. The number of fused-ring (bicyclic) bond motifs is 2. The van der Waals surface area contributed by atoms with E-state index in [0.29, 0.717) is 5.69 Å². The van der Waals surface area contributed by atoms with Gasteiger partial charge in [0, 0.05) is 26.9 Å². The van der Waals surface area contributed by atoms with Crippen molar-refractivity contribution in [3.8, 4) is 0 Å². The lowest BCUT2D eigenvalue weighted by Crippen LogP contribution is -2.23. The van der Waals surface area contributed by atoms with Gasteiger partial charge in [-0.05, 0) is 63.3 Å². The molecule has 2 N–H and O–H groups in total. The number of hydrogen-bond acceptors (Lipinski definition) is 6. The first-order valence-corrected chi connectivity index (χ1v) is 9.99. The largest absolute Gasteiger partial charge is 0.473 e. The summed E-state index contributed by atoms with van der Waals surface area (Å²) in [6.07, 6.45) is 2.31. The van der Waals surface area contributed by atoms with Gasteiger partial charge in [0.2, 0.25) is 0 Å². The lowest BCUT2D eigenvalue weighted by Gasteiger charge is -2.33. The smallest absolute Gasteiger partial charge is 0.414 e. The second kappa shape index (κ2) is 11.1. The monoisotopic (exact) mass is 429 g/mol. The Balaban J connectivity index is 0.000000469. The Morgan fingerprint density at radius 2 is 1.73 bits per heavy atom. The van der Waals surface area contributed by atoms with Crippen LogP contribution in [-0.4, -0.2) is 54.2 Å². The number of hydrogen-bond donors (Lipinski definition) is 2. The van der Waals surface area contributed by atoms with Crippen LogP contribution in [0.5, 0.6) is 0 Å². The molecule has 1 aliphatic rings. The Kier molecular flexibility index (Phi) is 8.54. The van der Waals surface area contributed by atoms with Gasteiger partial charge in [0.15, 0.2) is 0 Å². The second-order valence-corrected chi connectivity index (χ2v) is 7.77. The molecule has 0 aromatic heterocycles. The van der Waals surface area contributed by atoms with Crippen molar-refractivity contribution in [1.29, 1.82) is 0 Å². The SMILES string of the molecule is CN(C)CCCCN1c2ccccc2Sc2cc(N=[N+]=[N-])ccc21.O=C(O)C(=O)O. The number of carbonyl (C=O) groups is 2. The van der Waals surface area contributed by atoms with E-state index in [1.807, 2.05) is 12.1 Å². The quantitative estimate of drug-likeness (QED) is 0.223. The number of aliphatic carboxylic acids is 2. The molecule has 0 aliphatic carbocycles. The molecule has 3 rings (SSSR count). The zero-order valence-corrected chi connectivity index (χ0v) is 17.5. The predicted molar refractivity (Wildman–Crippen MR) is 116 cm³/mol. The number of benzene rings is 2. The van der Waals surface area contributed by atoms with Gasteiger partial charge >= 0.3 is 11.9 Å². The fraction of sp³-hybridized carbons (Fsp3) is 0.300. The molecule has 10 heteroatoms. The van der Waals surface area contributed by atoms with Crippen molar-refractivity contribution in [3.05, 3.63) is 52.9 Å². The minimum atomic E-state index is -1.82. The van der Waals surface area contributed by atoms with Crippen LogP contribution >= 0.6 is 11.8 Å². The Bertz CT molecular complexity index is 948. The van der Waals surface area contributed by atoms with Gasteiger partial charge < -0.3 is 20.0 Å². The lowest BCUT2D eigenvalue weighted by molar-refractivity contribution is -0.159. The first-order chi connectivity index (χ1) is 14.3. The molecule has 2 aromatic rings. The molecule has 0 bridgehead atoms. The molecule has 1 aliphatic heterocycles. The van der Waals surface area contributed by atoms with Crippen LogP contribution in [-0.2, 0) is 9.59 Å². The maximum Gasteiger partial charge on any atom is 0.414 e. The van der Waals surface area contributed by atoms with Crippen LogP contribution in [0.1, 0.15) is 12.8 Å². The normalized spacial score (nSPS) is 11.5. The Hall–Kier alpha value is -3.20. The molecule has 0 atom stereocenters. The van der Waals surface area contributed by atoms with Gasteiger partial charge in [0.1, 0.15) is 0 Å². The van der Waals surface area contributed by atoms with E-state index in [0.717, 1.165) is 24.4 Å². The molecule has 1 heterocycles. The first-order valence-electron chi connectivity index (χ1n) is 9.18. The van der Waals surface area contributed by atoms with Crippen LogP contribution in [0.2, 0.25) is 0 Å². The Morgan fingerprint density at radius 1 is 1.07 bits per heavy atom. The summed E-state index contributed by atoms with van der Waals surface area (Å²) in [5, 5.41) is 18.5. The molecule has 0 saturated heterocycles. The van der Waals surface area contributed by atoms with Gasteiger partial charge in [-0.1, -0.05) is 35.1 Å². The van der Waals surface area contributed by atoms with Crippen molar-refractivity contribution in [2.24, 2.45) is 5.11 Å². The van der Waals surface area contributed by atoms with Gasteiger partial charge in [0.25, 0.3) is 0 Å². The summed E-state index contributed by atoms with van der Waals surface area (Å²) in [6.45, 7) is 2.09. The van der Waals surface area contributed by atoms with Crippen molar-refractivity contribution in [2.45, 2.75) is 22.6 Å². The van der Waals surface area contributed by atoms with Gasteiger partial charge in [0.05, 0.1) is 11.4 Å². The van der Waals surface area contributed by atoms with E-state index in [1.165, 1.54) is 22.7 Å². The summed E-state index contributed by atoms with van der Waals surface area (Å²) in [6, 6.07) is 14.4. The third kappa shape index (κ3) is 6.41. The van der Waals surface area contributed by atoms with Gasteiger partial charge in [-0.25, -0.2) is 9.59 Å². The standard InChI is InChI=1S/C18H21N5S.C2H2O4/c1-22(2)11-5-6-12-23-15-7-3-4-8-17(15)24-18-13-14(20-21-19)9-10-16(18)23;3-1(4)2(5)6/h3-4,7-10,13H,5-6,11-12H2,1-2H3;(H,3,4)(H,5,6). The second-order valence-electron chi connectivity index (χ2n) is 6.68. The number of carboxylic acids is 2. The number of carboxylic acid groups (broad SMARTS) is 2. The van der Waals surface area contributed by atoms with Crippen LogP contribution in [0, 0.1) is 0 Å². The van der Waals surface area contributed by atoms with Crippen molar-refractivity contribution in [3.63, 3.8) is 0 Å². The van der Waals surface area contributed by atoms with Crippen molar-refractivity contribution >= 4 is 40.8 Å². The highest BCUT2D eigenvalue weighted by atomic mass is 32.2. The molecule has 0 amide bonds. The fourth-order valence-corrected chi connectivity index (χ4v) is 4.00. The van der Waals surface area contributed by atoms with Gasteiger partial charge in [-0.3, -0.25) is 0 Å². The van der Waals surface area contributed by atoms with Crippen LogP contribution in [0.15, 0.2) is 57.4 Å². The van der Waals surface area contributed by atoms with E-state index < -0.39 is 11.9 Å². The average molecular weight is 430 g/mol. The molecular weight excluding hydrogens is 406 g/mol. The molecule has 0 unspecified atom stereocenters. The maximum absolute atomic E-state index is 9.10. The lowest BCUT2D eigenvalue weighted by atomic mass is 10.2. The highest BCUT2D eigenvalue weighted by molar-refractivity contribution is 7.99. The maximum atomic E-state index is 9.10. The molecule has 9 nitrogen and oxygen atoms in total. The molecule has 158 valence electrons. The topological polar surface area (TPSA) is 130 Å². The van der Waals surface area contributed by atoms with Crippen LogP contribution in [0.25, 0.3) is 10.4 Å². The summed E-state index contributed by atoms with van der Waals surface area (Å²) >= 11 is 1.74. The minimum absolute atomic E-state index is 0.663. The summed E-state index contributed by atoms with van der Waals surface area (Å²) in [5.74, 6) is -3.65. The number of nitrogens with zero attached hydrogens (tertiary/aromatic N) is 5. The van der Waals surface area contributed by atoms with E-state index in [1.54, 1.807) is 11.8 Å². The number of azide groups is 1. The van der Waals surface area contributed by atoms with Crippen LogP contribution < -0.4 is 4.90 Å². The van der Waals surface area contributed by atoms with Gasteiger partial charge in [-0.15, -0.1) is 0 Å². The molecule has 0 spiro atoms. The first kappa shape index (κ1) is 23.1. The van der Waals surface area contributed by atoms with Crippen LogP contribution in [0.3, 0.4) is 0 Å². The molecular formula is C20H23N5O4S. The van der Waals surface area contributed by atoms with E-state index in [9.17, 15) is 0 Å². The summed E-state index contributed by atoms with van der Waals surface area (Å²) in [7, 11) is 4.22. The highest BCUT2D eigenvalue weighted by Gasteiger charge is 2.22. The Labute approximate surface area is 178 Å². The number of para-hydroxylation sites is 1. The molecule has 0 fully saturated rings. The number of rotatable bonds is 6. The minimum Gasteiger partial charge on any atom is -0.473 e. The molecule has 0 saturated carbocycles. The zero-order chi connectivity index (χ0) is 22.1. The van der Waals surface area contributed by atoms with E-state index in [2.05, 4.69) is 64.3 Å². The summed E-state index contributed by atoms with van der Waals surface area (Å²) in [5.41, 5.74) is 11.8. The van der Waals surface area contributed by atoms with E-state index in [-0.39, 0.29) is 0 Å².